The van der Waals surface area contributed by atoms with Crippen molar-refractivity contribution in [1.82, 2.24) is 20.0 Å². The molecule has 1 saturated carbocycles. The third kappa shape index (κ3) is 5.26. The van der Waals surface area contributed by atoms with Gasteiger partial charge in [-0.15, -0.1) is 0 Å². The van der Waals surface area contributed by atoms with Gasteiger partial charge < -0.3 is 10.2 Å². The number of nitrogens with one attached hydrogen (secondary N) is 1. The zero-order chi connectivity index (χ0) is 19.2. The summed E-state index contributed by atoms with van der Waals surface area (Å²) in [6, 6.07) is 11.7. The molecule has 1 aromatic rings. The Morgan fingerprint density at radius 1 is 0.893 bits per heavy atom. The lowest BCUT2D eigenvalue weighted by atomic mass is 9.96. The average Bonchev–Trinajstić information content (AvgIpc) is 3.29. The topological polar surface area (TPSA) is 38.8 Å². The first-order valence-electron chi connectivity index (χ1n) is 11.3. The normalized spacial score (nSPS) is 23.2. The van der Waals surface area contributed by atoms with Crippen molar-refractivity contribution in [1.29, 1.82) is 0 Å². The van der Waals surface area contributed by atoms with Crippen LogP contribution in [0.2, 0.25) is 0 Å². The highest BCUT2D eigenvalue weighted by Crippen LogP contribution is 2.24. The SMILES string of the molecule is O=C(NCC1CCN(Cc2ccccc2)CC1)N1CCN(C2CCCC2)CC1. The predicted molar refractivity (Wildman–Crippen MR) is 113 cm³/mol. The molecule has 2 aliphatic heterocycles. The number of piperidine rings is 1. The summed E-state index contributed by atoms with van der Waals surface area (Å²) in [5.74, 6) is 0.621. The monoisotopic (exact) mass is 384 g/mol. The molecule has 0 spiro atoms. The van der Waals surface area contributed by atoms with Crippen LogP contribution in [0.4, 0.5) is 4.79 Å². The molecule has 5 heteroatoms. The lowest BCUT2D eigenvalue weighted by Gasteiger charge is -2.38. The molecule has 28 heavy (non-hydrogen) atoms. The van der Waals surface area contributed by atoms with Crippen LogP contribution in [0.1, 0.15) is 44.1 Å². The fourth-order valence-corrected chi connectivity index (χ4v) is 5.09. The fraction of sp³-hybridized carbons (Fsp3) is 0.696. The molecule has 1 N–H and O–H groups in total. The summed E-state index contributed by atoms with van der Waals surface area (Å²) in [4.78, 5) is 19.7. The van der Waals surface area contributed by atoms with Crippen LogP contribution in [0.25, 0.3) is 0 Å². The maximum Gasteiger partial charge on any atom is 0.317 e. The number of hydrogen-bond acceptors (Lipinski definition) is 3. The Morgan fingerprint density at radius 2 is 1.57 bits per heavy atom. The zero-order valence-corrected chi connectivity index (χ0v) is 17.2. The Hall–Kier alpha value is -1.59. The van der Waals surface area contributed by atoms with Crippen LogP contribution in [-0.4, -0.2) is 72.6 Å². The van der Waals surface area contributed by atoms with E-state index in [0.717, 1.165) is 58.4 Å². The number of piperazine rings is 1. The number of likely N-dealkylation sites (tertiary alicyclic amines) is 1. The van der Waals surface area contributed by atoms with E-state index >= 15 is 0 Å². The third-order valence-electron chi connectivity index (χ3n) is 6.94. The second-order valence-corrected chi connectivity index (χ2v) is 8.85. The smallest absolute Gasteiger partial charge is 0.317 e. The van der Waals surface area contributed by atoms with Gasteiger partial charge in [-0.2, -0.15) is 0 Å². The Bertz CT molecular complexity index is 600. The maximum absolute atomic E-state index is 12.6. The van der Waals surface area contributed by atoms with E-state index in [2.05, 4.69) is 45.4 Å². The standard InChI is InChI=1S/C23H36N4O/c28-23(27-16-14-26(15-17-27)22-8-4-5-9-22)24-18-20-10-12-25(13-11-20)19-21-6-2-1-3-7-21/h1-3,6-7,20,22H,4-5,8-19H2,(H,24,28). The molecule has 3 fully saturated rings. The Balaban J connectivity index is 1.12. The van der Waals surface area contributed by atoms with Gasteiger partial charge in [0.2, 0.25) is 0 Å². The summed E-state index contributed by atoms with van der Waals surface area (Å²) in [5.41, 5.74) is 1.39. The van der Waals surface area contributed by atoms with Gasteiger partial charge in [0.25, 0.3) is 0 Å². The molecule has 3 aliphatic rings. The molecule has 1 aliphatic carbocycles. The summed E-state index contributed by atoms with van der Waals surface area (Å²) < 4.78 is 0. The first-order chi connectivity index (χ1) is 13.8. The minimum Gasteiger partial charge on any atom is -0.338 e. The molecule has 0 unspecified atom stereocenters. The van der Waals surface area contributed by atoms with Crippen LogP contribution in [0.3, 0.4) is 0 Å². The number of urea groups is 1. The van der Waals surface area contributed by atoms with E-state index in [0.29, 0.717) is 5.92 Å². The van der Waals surface area contributed by atoms with Crippen molar-refractivity contribution in [2.24, 2.45) is 5.92 Å². The molecule has 2 amide bonds. The first kappa shape index (κ1) is 19.7. The van der Waals surface area contributed by atoms with Crippen LogP contribution in [-0.2, 0) is 6.54 Å². The van der Waals surface area contributed by atoms with Crippen LogP contribution < -0.4 is 5.32 Å². The molecule has 2 saturated heterocycles. The van der Waals surface area contributed by atoms with Crippen molar-refractivity contribution >= 4 is 6.03 Å². The molecule has 1 aromatic carbocycles. The van der Waals surface area contributed by atoms with Crippen LogP contribution in [0.15, 0.2) is 30.3 Å². The highest BCUT2D eigenvalue weighted by Gasteiger charge is 2.28. The highest BCUT2D eigenvalue weighted by molar-refractivity contribution is 5.74. The largest absolute Gasteiger partial charge is 0.338 e. The lowest BCUT2D eigenvalue weighted by molar-refractivity contribution is 0.108. The van der Waals surface area contributed by atoms with Gasteiger partial charge in [0.15, 0.2) is 0 Å². The highest BCUT2D eigenvalue weighted by atomic mass is 16.2. The summed E-state index contributed by atoms with van der Waals surface area (Å²) >= 11 is 0. The van der Waals surface area contributed by atoms with Crippen molar-refractivity contribution in [2.75, 3.05) is 45.8 Å². The molecule has 0 radical (unpaired) electrons. The van der Waals surface area contributed by atoms with Gasteiger partial charge in [0.05, 0.1) is 0 Å². The van der Waals surface area contributed by atoms with Crippen LogP contribution in [0.5, 0.6) is 0 Å². The number of nitrogens with zero attached hydrogens (tertiary/aromatic N) is 3. The summed E-state index contributed by atoms with van der Waals surface area (Å²) in [6.45, 7) is 8.03. The van der Waals surface area contributed by atoms with Gasteiger partial charge in [-0.3, -0.25) is 9.80 Å². The molecular weight excluding hydrogens is 348 g/mol. The van der Waals surface area contributed by atoms with E-state index < -0.39 is 0 Å². The van der Waals surface area contributed by atoms with Crippen molar-refractivity contribution in [3.63, 3.8) is 0 Å². The quantitative estimate of drug-likeness (QED) is 0.847. The van der Waals surface area contributed by atoms with Gasteiger partial charge in [-0.25, -0.2) is 4.79 Å². The minimum absolute atomic E-state index is 0.151. The first-order valence-corrected chi connectivity index (χ1v) is 11.3. The number of rotatable bonds is 5. The van der Waals surface area contributed by atoms with E-state index in [4.69, 9.17) is 0 Å². The number of amides is 2. The Kier molecular flexibility index (Phi) is 6.86. The third-order valence-corrected chi connectivity index (χ3v) is 6.94. The van der Waals surface area contributed by atoms with Crippen molar-refractivity contribution in [3.05, 3.63) is 35.9 Å². The summed E-state index contributed by atoms with van der Waals surface area (Å²) in [6.07, 6.45) is 7.85. The number of hydrogen-bond donors (Lipinski definition) is 1. The zero-order valence-electron chi connectivity index (χ0n) is 17.2. The predicted octanol–water partition coefficient (Wildman–Crippen LogP) is 3.17. The number of carbonyl (C=O) groups is 1. The van der Waals surface area contributed by atoms with Gasteiger partial charge in [0.1, 0.15) is 0 Å². The van der Waals surface area contributed by atoms with E-state index in [1.807, 2.05) is 4.90 Å². The second kappa shape index (κ2) is 9.75. The maximum atomic E-state index is 12.6. The van der Waals surface area contributed by atoms with Gasteiger partial charge in [-0.05, 0) is 50.3 Å². The van der Waals surface area contributed by atoms with Crippen molar-refractivity contribution in [3.8, 4) is 0 Å². The average molecular weight is 385 g/mol. The van der Waals surface area contributed by atoms with E-state index in [1.165, 1.54) is 44.1 Å². The van der Waals surface area contributed by atoms with Crippen LogP contribution >= 0.6 is 0 Å². The van der Waals surface area contributed by atoms with E-state index in [1.54, 1.807) is 0 Å². The Morgan fingerprint density at radius 3 is 2.25 bits per heavy atom. The molecule has 0 aromatic heterocycles. The molecule has 4 rings (SSSR count). The molecular formula is C23H36N4O. The minimum atomic E-state index is 0.151. The number of carbonyl (C=O) groups excluding carboxylic acids is 1. The van der Waals surface area contributed by atoms with Crippen molar-refractivity contribution in [2.45, 2.75) is 51.1 Å². The second-order valence-electron chi connectivity index (χ2n) is 8.85. The molecule has 0 atom stereocenters. The van der Waals surface area contributed by atoms with Gasteiger partial charge in [-0.1, -0.05) is 43.2 Å². The lowest BCUT2D eigenvalue weighted by Crippen LogP contribution is -2.54. The summed E-state index contributed by atoms with van der Waals surface area (Å²) in [7, 11) is 0. The van der Waals surface area contributed by atoms with Gasteiger partial charge in [0, 0.05) is 45.3 Å². The van der Waals surface area contributed by atoms with E-state index in [9.17, 15) is 4.79 Å². The molecule has 154 valence electrons. The fourth-order valence-electron chi connectivity index (χ4n) is 5.09. The van der Waals surface area contributed by atoms with Crippen LogP contribution in [0, 0.1) is 5.92 Å². The number of benzene rings is 1. The van der Waals surface area contributed by atoms with Crippen molar-refractivity contribution < 1.29 is 4.79 Å². The summed E-state index contributed by atoms with van der Waals surface area (Å²) in [5, 5.41) is 3.22. The van der Waals surface area contributed by atoms with E-state index in [-0.39, 0.29) is 6.03 Å². The molecule has 0 bridgehead atoms. The molecule has 5 nitrogen and oxygen atoms in total. The Labute approximate surface area is 170 Å². The molecule has 2 heterocycles. The van der Waals surface area contributed by atoms with Gasteiger partial charge >= 0.3 is 6.03 Å².